The SMILES string of the molecule is COc1ccccc1-c1ccc(-c2cc(C)cc(=O)n2O)cc1. The number of benzene rings is 2. The van der Waals surface area contributed by atoms with E-state index in [1.165, 1.54) is 6.07 Å². The molecule has 0 radical (unpaired) electrons. The van der Waals surface area contributed by atoms with Crippen molar-refractivity contribution < 1.29 is 9.94 Å². The molecule has 4 heteroatoms. The van der Waals surface area contributed by atoms with Crippen LogP contribution in [0.5, 0.6) is 5.75 Å². The van der Waals surface area contributed by atoms with Crippen molar-refractivity contribution in [3.63, 3.8) is 0 Å². The summed E-state index contributed by atoms with van der Waals surface area (Å²) in [4.78, 5) is 11.7. The number of pyridine rings is 1. The molecule has 2 aromatic carbocycles. The predicted molar refractivity (Wildman–Crippen MR) is 90.0 cm³/mol. The highest BCUT2D eigenvalue weighted by Gasteiger charge is 2.09. The van der Waals surface area contributed by atoms with Gasteiger partial charge in [0.05, 0.1) is 12.8 Å². The van der Waals surface area contributed by atoms with Gasteiger partial charge in [0.15, 0.2) is 0 Å². The second kappa shape index (κ2) is 6.01. The molecule has 0 saturated carbocycles. The molecule has 1 aromatic heterocycles. The standard InChI is InChI=1S/C19H17NO3/c1-13-11-17(20(22)19(21)12-13)15-9-7-14(8-10-15)16-5-3-4-6-18(16)23-2/h3-12,22H,1-2H3. The van der Waals surface area contributed by atoms with E-state index < -0.39 is 5.56 Å². The van der Waals surface area contributed by atoms with Gasteiger partial charge in [0.1, 0.15) is 5.75 Å². The molecule has 0 aliphatic carbocycles. The van der Waals surface area contributed by atoms with Crippen molar-refractivity contribution in [2.75, 3.05) is 7.11 Å². The Labute approximate surface area is 134 Å². The molecule has 23 heavy (non-hydrogen) atoms. The van der Waals surface area contributed by atoms with Gasteiger partial charge in [0.2, 0.25) is 0 Å². The fourth-order valence-electron chi connectivity index (χ4n) is 2.60. The Morgan fingerprint density at radius 3 is 2.30 bits per heavy atom. The molecular formula is C19H17NO3. The molecule has 3 aromatic rings. The van der Waals surface area contributed by atoms with Gasteiger partial charge in [-0.1, -0.05) is 42.5 Å². The fraction of sp³-hybridized carbons (Fsp3) is 0.105. The predicted octanol–water partition coefficient (Wildman–Crippen LogP) is 3.74. The molecule has 116 valence electrons. The summed E-state index contributed by atoms with van der Waals surface area (Å²) in [6, 6.07) is 18.6. The van der Waals surface area contributed by atoms with Crippen LogP contribution in [0.15, 0.2) is 65.5 Å². The van der Waals surface area contributed by atoms with Gasteiger partial charge in [0.25, 0.3) is 5.56 Å². The van der Waals surface area contributed by atoms with E-state index in [1.807, 2.05) is 55.5 Å². The highest BCUT2D eigenvalue weighted by Crippen LogP contribution is 2.31. The number of hydrogen-bond acceptors (Lipinski definition) is 3. The van der Waals surface area contributed by atoms with E-state index in [0.29, 0.717) is 10.4 Å². The van der Waals surface area contributed by atoms with Crippen LogP contribution in [-0.4, -0.2) is 17.0 Å². The Kier molecular flexibility index (Phi) is 3.89. The van der Waals surface area contributed by atoms with Crippen molar-refractivity contribution in [3.8, 4) is 28.1 Å². The first-order valence-corrected chi connectivity index (χ1v) is 7.27. The minimum absolute atomic E-state index is 0.436. The van der Waals surface area contributed by atoms with E-state index in [-0.39, 0.29) is 0 Å². The molecular weight excluding hydrogens is 290 g/mol. The van der Waals surface area contributed by atoms with Crippen molar-refractivity contribution in [1.29, 1.82) is 0 Å². The summed E-state index contributed by atoms with van der Waals surface area (Å²) in [6.07, 6.45) is 0. The van der Waals surface area contributed by atoms with Gasteiger partial charge in [0, 0.05) is 17.2 Å². The molecule has 0 unspecified atom stereocenters. The lowest BCUT2D eigenvalue weighted by Gasteiger charge is -2.10. The van der Waals surface area contributed by atoms with Gasteiger partial charge in [-0.2, -0.15) is 0 Å². The van der Waals surface area contributed by atoms with Gasteiger partial charge in [-0.05, 0) is 30.2 Å². The summed E-state index contributed by atoms with van der Waals surface area (Å²) in [5.41, 5.74) is 3.62. The summed E-state index contributed by atoms with van der Waals surface area (Å²) in [6.45, 7) is 1.83. The number of aryl methyl sites for hydroxylation is 1. The van der Waals surface area contributed by atoms with E-state index in [2.05, 4.69) is 0 Å². The number of para-hydroxylation sites is 1. The molecule has 0 aliphatic rings. The molecule has 0 saturated heterocycles. The molecule has 0 bridgehead atoms. The van der Waals surface area contributed by atoms with Gasteiger partial charge in [-0.15, -0.1) is 4.73 Å². The average molecular weight is 307 g/mol. The minimum Gasteiger partial charge on any atom is -0.496 e. The third kappa shape index (κ3) is 2.83. The van der Waals surface area contributed by atoms with Gasteiger partial charge >= 0.3 is 0 Å². The van der Waals surface area contributed by atoms with Crippen molar-refractivity contribution in [1.82, 2.24) is 4.73 Å². The first-order chi connectivity index (χ1) is 11.1. The van der Waals surface area contributed by atoms with Crippen LogP contribution in [-0.2, 0) is 0 Å². The summed E-state index contributed by atoms with van der Waals surface area (Å²) >= 11 is 0. The maximum atomic E-state index is 11.7. The second-order valence-corrected chi connectivity index (χ2v) is 5.35. The zero-order valence-corrected chi connectivity index (χ0v) is 13.0. The molecule has 0 amide bonds. The zero-order chi connectivity index (χ0) is 16.4. The smallest absolute Gasteiger partial charge is 0.283 e. The molecule has 0 fully saturated rings. The van der Waals surface area contributed by atoms with E-state index in [9.17, 15) is 10.0 Å². The lowest BCUT2D eigenvalue weighted by Crippen LogP contribution is -2.18. The van der Waals surface area contributed by atoms with Crippen molar-refractivity contribution in [2.45, 2.75) is 6.92 Å². The van der Waals surface area contributed by atoms with Gasteiger partial charge in [-0.25, -0.2) is 0 Å². The van der Waals surface area contributed by atoms with E-state index >= 15 is 0 Å². The summed E-state index contributed by atoms with van der Waals surface area (Å²) in [5, 5.41) is 9.93. The summed E-state index contributed by atoms with van der Waals surface area (Å²) in [7, 11) is 1.64. The lowest BCUT2D eigenvalue weighted by molar-refractivity contribution is 0.179. The fourth-order valence-corrected chi connectivity index (χ4v) is 2.60. The Morgan fingerprint density at radius 2 is 1.61 bits per heavy atom. The number of hydrogen-bond donors (Lipinski definition) is 1. The highest BCUT2D eigenvalue weighted by molar-refractivity contribution is 5.73. The van der Waals surface area contributed by atoms with Crippen LogP contribution in [0.1, 0.15) is 5.56 Å². The van der Waals surface area contributed by atoms with Gasteiger partial charge < -0.3 is 9.94 Å². The molecule has 0 aliphatic heterocycles. The van der Waals surface area contributed by atoms with E-state index in [1.54, 1.807) is 13.2 Å². The quantitative estimate of drug-likeness (QED) is 0.750. The monoisotopic (exact) mass is 307 g/mol. The average Bonchev–Trinajstić information content (AvgIpc) is 2.58. The van der Waals surface area contributed by atoms with Crippen LogP contribution in [0.4, 0.5) is 0 Å². The zero-order valence-electron chi connectivity index (χ0n) is 13.0. The minimum atomic E-state index is -0.436. The maximum absolute atomic E-state index is 11.7. The molecule has 4 nitrogen and oxygen atoms in total. The maximum Gasteiger partial charge on any atom is 0.283 e. The Bertz CT molecular complexity index is 895. The van der Waals surface area contributed by atoms with Crippen LogP contribution in [0.2, 0.25) is 0 Å². The second-order valence-electron chi connectivity index (χ2n) is 5.35. The summed E-state index contributed by atoms with van der Waals surface area (Å²) < 4.78 is 6.05. The van der Waals surface area contributed by atoms with Crippen molar-refractivity contribution in [3.05, 3.63) is 76.6 Å². The van der Waals surface area contributed by atoms with Crippen LogP contribution in [0.25, 0.3) is 22.4 Å². The van der Waals surface area contributed by atoms with Crippen molar-refractivity contribution in [2.24, 2.45) is 0 Å². The Morgan fingerprint density at radius 1 is 0.957 bits per heavy atom. The highest BCUT2D eigenvalue weighted by atomic mass is 16.5. The largest absolute Gasteiger partial charge is 0.496 e. The number of aromatic nitrogens is 1. The molecule has 3 rings (SSSR count). The number of rotatable bonds is 3. The first kappa shape index (κ1) is 14.9. The van der Waals surface area contributed by atoms with Crippen LogP contribution in [0, 0.1) is 6.92 Å². The Hall–Kier alpha value is -3.01. The number of nitrogens with zero attached hydrogens (tertiary/aromatic N) is 1. The molecule has 1 N–H and O–H groups in total. The van der Waals surface area contributed by atoms with E-state index in [4.69, 9.17) is 4.74 Å². The molecule has 0 spiro atoms. The van der Waals surface area contributed by atoms with Crippen LogP contribution < -0.4 is 10.3 Å². The third-order valence-electron chi connectivity index (χ3n) is 3.75. The van der Waals surface area contributed by atoms with Gasteiger partial charge in [-0.3, -0.25) is 4.79 Å². The lowest BCUT2D eigenvalue weighted by atomic mass is 10.0. The topological polar surface area (TPSA) is 51.5 Å². The van der Waals surface area contributed by atoms with E-state index in [0.717, 1.165) is 28.0 Å². The number of methoxy groups -OCH3 is 1. The first-order valence-electron chi connectivity index (χ1n) is 7.27. The number of ether oxygens (including phenoxy) is 1. The molecule has 0 atom stereocenters. The van der Waals surface area contributed by atoms with Crippen LogP contribution >= 0.6 is 0 Å². The Balaban J connectivity index is 2.05. The molecule has 1 heterocycles. The van der Waals surface area contributed by atoms with Crippen molar-refractivity contribution >= 4 is 0 Å². The third-order valence-corrected chi connectivity index (χ3v) is 3.75. The summed E-state index contributed by atoms with van der Waals surface area (Å²) in [5.74, 6) is 0.801. The normalized spacial score (nSPS) is 10.5. The van der Waals surface area contributed by atoms with Crippen LogP contribution in [0.3, 0.4) is 0 Å².